The maximum Gasteiger partial charge on any atom is 0.137 e. The lowest BCUT2D eigenvalue weighted by atomic mass is 10.00. The molecule has 0 amide bonds. The van der Waals surface area contributed by atoms with Crippen LogP contribution in [0.15, 0.2) is 22.7 Å². The van der Waals surface area contributed by atoms with E-state index in [0.29, 0.717) is 19.4 Å². The van der Waals surface area contributed by atoms with Crippen molar-refractivity contribution in [2.24, 2.45) is 11.7 Å². The summed E-state index contributed by atoms with van der Waals surface area (Å²) < 4.78 is 6.01. The monoisotopic (exact) mass is 299 g/mol. The van der Waals surface area contributed by atoms with E-state index >= 15 is 0 Å². The second-order valence-corrected chi connectivity index (χ2v) is 5.08. The molecule has 0 saturated carbocycles. The van der Waals surface area contributed by atoms with Crippen molar-refractivity contribution < 1.29 is 9.53 Å². The molecule has 0 aromatic heterocycles. The zero-order valence-corrected chi connectivity index (χ0v) is 11.8. The summed E-state index contributed by atoms with van der Waals surface area (Å²) >= 11 is 3.41. The minimum absolute atomic E-state index is 0.222. The number of ketones is 1. The van der Waals surface area contributed by atoms with Crippen molar-refractivity contribution in [3.8, 4) is 5.75 Å². The van der Waals surface area contributed by atoms with Gasteiger partial charge < -0.3 is 10.5 Å². The van der Waals surface area contributed by atoms with Gasteiger partial charge in [0, 0.05) is 12.8 Å². The fourth-order valence-electron chi connectivity index (χ4n) is 1.59. The van der Waals surface area contributed by atoms with Gasteiger partial charge in [-0.2, -0.15) is 0 Å². The standard InChI is InChI=1S/C13H18BrNO2/c1-9(8-15)5-11(16)6-10-3-4-13(17-2)12(14)7-10/h3-4,7,9H,5-6,8,15H2,1-2H3. The van der Waals surface area contributed by atoms with Crippen molar-refractivity contribution >= 4 is 21.7 Å². The Labute approximate surface area is 110 Å². The molecule has 94 valence electrons. The van der Waals surface area contributed by atoms with Crippen LogP contribution in [0.25, 0.3) is 0 Å². The SMILES string of the molecule is COc1ccc(CC(=O)CC(C)CN)cc1Br. The molecular weight excluding hydrogens is 282 g/mol. The Kier molecular flexibility index (Phi) is 5.65. The highest BCUT2D eigenvalue weighted by molar-refractivity contribution is 9.10. The summed E-state index contributed by atoms with van der Waals surface area (Å²) in [6.45, 7) is 2.54. The summed E-state index contributed by atoms with van der Waals surface area (Å²) in [4.78, 5) is 11.7. The second-order valence-electron chi connectivity index (χ2n) is 4.23. The molecule has 1 atom stereocenters. The van der Waals surface area contributed by atoms with Crippen molar-refractivity contribution in [2.75, 3.05) is 13.7 Å². The third-order valence-corrected chi connectivity index (χ3v) is 3.22. The molecule has 0 aliphatic carbocycles. The van der Waals surface area contributed by atoms with Gasteiger partial charge in [0.15, 0.2) is 0 Å². The molecule has 2 N–H and O–H groups in total. The van der Waals surface area contributed by atoms with Crippen LogP contribution in [-0.4, -0.2) is 19.4 Å². The van der Waals surface area contributed by atoms with Crippen molar-refractivity contribution in [2.45, 2.75) is 19.8 Å². The van der Waals surface area contributed by atoms with Crippen LogP contribution >= 0.6 is 15.9 Å². The molecule has 4 heteroatoms. The topological polar surface area (TPSA) is 52.3 Å². The van der Waals surface area contributed by atoms with Gasteiger partial charge in [-0.25, -0.2) is 0 Å². The summed E-state index contributed by atoms with van der Waals surface area (Å²) in [6, 6.07) is 5.69. The van der Waals surface area contributed by atoms with E-state index in [9.17, 15) is 4.79 Å². The fraction of sp³-hybridized carbons (Fsp3) is 0.462. The average molecular weight is 300 g/mol. The number of carbonyl (C=O) groups excluding carboxylic acids is 1. The Balaban J connectivity index is 2.63. The van der Waals surface area contributed by atoms with Crippen LogP contribution in [0.2, 0.25) is 0 Å². The van der Waals surface area contributed by atoms with Crippen molar-refractivity contribution in [3.63, 3.8) is 0 Å². The van der Waals surface area contributed by atoms with Crippen molar-refractivity contribution in [3.05, 3.63) is 28.2 Å². The zero-order valence-electron chi connectivity index (χ0n) is 10.2. The first-order chi connectivity index (χ1) is 8.06. The van der Waals surface area contributed by atoms with Gasteiger partial charge in [0.1, 0.15) is 11.5 Å². The van der Waals surface area contributed by atoms with Crippen molar-refractivity contribution in [1.29, 1.82) is 0 Å². The Morgan fingerprint density at radius 2 is 2.24 bits per heavy atom. The Hall–Kier alpha value is -0.870. The molecule has 1 aromatic carbocycles. The first-order valence-electron chi connectivity index (χ1n) is 5.61. The average Bonchev–Trinajstić information content (AvgIpc) is 2.29. The summed E-state index contributed by atoms with van der Waals surface area (Å²) in [6.07, 6.45) is 0.993. The van der Waals surface area contributed by atoms with Crippen LogP contribution in [0, 0.1) is 5.92 Å². The number of methoxy groups -OCH3 is 1. The smallest absolute Gasteiger partial charge is 0.137 e. The molecule has 1 aromatic rings. The quantitative estimate of drug-likeness (QED) is 0.878. The van der Waals surface area contributed by atoms with Gasteiger partial charge in [-0.1, -0.05) is 13.0 Å². The van der Waals surface area contributed by atoms with Crippen molar-refractivity contribution in [1.82, 2.24) is 0 Å². The van der Waals surface area contributed by atoms with Crippen LogP contribution in [-0.2, 0) is 11.2 Å². The number of rotatable bonds is 6. The number of hydrogen-bond acceptors (Lipinski definition) is 3. The van der Waals surface area contributed by atoms with Crippen LogP contribution in [0.5, 0.6) is 5.75 Å². The molecule has 0 bridgehead atoms. The first-order valence-corrected chi connectivity index (χ1v) is 6.40. The second kappa shape index (κ2) is 6.77. The lowest BCUT2D eigenvalue weighted by molar-refractivity contribution is -0.119. The minimum atomic E-state index is 0.222. The van der Waals surface area contributed by atoms with E-state index in [1.54, 1.807) is 7.11 Å². The first kappa shape index (κ1) is 14.2. The van der Waals surface area contributed by atoms with Gasteiger partial charge in [0.2, 0.25) is 0 Å². The molecule has 17 heavy (non-hydrogen) atoms. The number of nitrogens with two attached hydrogens (primary N) is 1. The van der Waals surface area contributed by atoms with Gasteiger partial charge in [0.05, 0.1) is 11.6 Å². The molecule has 3 nitrogen and oxygen atoms in total. The number of carbonyl (C=O) groups is 1. The largest absolute Gasteiger partial charge is 0.496 e. The summed E-state index contributed by atoms with van der Waals surface area (Å²) in [5, 5.41) is 0. The lowest BCUT2D eigenvalue weighted by Crippen LogP contribution is -2.16. The van der Waals surface area contributed by atoms with Gasteiger partial charge in [0.25, 0.3) is 0 Å². The maximum absolute atomic E-state index is 11.7. The molecule has 0 radical (unpaired) electrons. The maximum atomic E-state index is 11.7. The zero-order chi connectivity index (χ0) is 12.8. The summed E-state index contributed by atoms with van der Waals surface area (Å²) in [5.41, 5.74) is 6.49. The Bertz CT molecular complexity index is 393. The molecule has 0 spiro atoms. The van der Waals surface area contributed by atoms with E-state index in [2.05, 4.69) is 15.9 Å². The van der Waals surface area contributed by atoms with Gasteiger partial charge in [-0.05, 0) is 46.1 Å². The van der Waals surface area contributed by atoms with E-state index in [1.165, 1.54) is 0 Å². The third kappa shape index (κ3) is 4.48. The van der Waals surface area contributed by atoms with Gasteiger partial charge in [-0.3, -0.25) is 4.79 Å². The van der Waals surface area contributed by atoms with E-state index in [0.717, 1.165) is 15.8 Å². The van der Waals surface area contributed by atoms with E-state index in [1.807, 2.05) is 25.1 Å². The molecule has 0 heterocycles. The van der Waals surface area contributed by atoms with Gasteiger partial charge in [-0.15, -0.1) is 0 Å². The van der Waals surface area contributed by atoms with E-state index < -0.39 is 0 Å². The molecule has 1 rings (SSSR count). The minimum Gasteiger partial charge on any atom is -0.496 e. The van der Waals surface area contributed by atoms with Crippen LogP contribution < -0.4 is 10.5 Å². The van der Waals surface area contributed by atoms with E-state index in [-0.39, 0.29) is 11.7 Å². The number of benzene rings is 1. The van der Waals surface area contributed by atoms with Crippen LogP contribution in [0.4, 0.5) is 0 Å². The molecule has 0 fully saturated rings. The molecule has 0 aliphatic rings. The number of halogens is 1. The van der Waals surface area contributed by atoms with Crippen LogP contribution in [0.3, 0.4) is 0 Å². The highest BCUT2D eigenvalue weighted by Gasteiger charge is 2.09. The predicted molar refractivity (Wildman–Crippen MR) is 72.2 cm³/mol. The predicted octanol–water partition coefficient (Wildman–Crippen LogP) is 2.55. The van der Waals surface area contributed by atoms with E-state index in [4.69, 9.17) is 10.5 Å². The summed E-state index contributed by atoms with van der Waals surface area (Å²) in [7, 11) is 1.62. The number of hydrogen-bond donors (Lipinski definition) is 1. The highest BCUT2D eigenvalue weighted by Crippen LogP contribution is 2.25. The molecule has 1 unspecified atom stereocenters. The fourth-order valence-corrected chi connectivity index (χ4v) is 2.18. The van der Waals surface area contributed by atoms with Gasteiger partial charge >= 0.3 is 0 Å². The number of ether oxygens (including phenoxy) is 1. The summed E-state index contributed by atoms with van der Waals surface area (Å²) in [5.74, 6) is 1.25. The molecular formula is C13H18BrNO2. The molecule has 0 aliphatic heterocycles. The lowest BCUT2D eigenvalue weighted by Gasteiger charge is -2.08. The Morgan fingerprint density at radius 1 is 1.53 bits per heavy atom. The molecule has 0 saturated heterocycles. The Morgan fingerprint density at radius 3 is 2.76 bits per heavy atom. The normalized spacial score (nSPS) is 12.2. The number of Topliss-reactive ketones (excluding diaryl/α,β-unsaturated/α-hetero) is 1. The third-order valence-electron chi connectivity index (χ3n) is 2.60. The highest BCUT2D eigenvalue weighted by atomic mass is 79.9. The van der Waals surface area contributed by atoms with Crippen LogP contribution in [0.1, 0.15) is 18.9 Å².